The fraction of sp³-hybridized carbons (Fsp3) is 0.294. The van der Waals surface area contributed by atoms with Gasteiger partial charge in [0.1, 0.15) is 5.75 Å². The Morgan fingerprint density at radius 3 is 2.63 bits per heavy atom. The Balaban J connectivity index is 2.17. The number of nitrogens with two attached hydrogens (primary N) is 1. The van der Waals surface area contributed by atoms with Crippen molar-refractivity contribution in [1.82, 2.24) is 0 Å². The highest BCUT2D eigenvalue weighted by Crippen LogP contribution is 2.26. The van der Waals surface area contributed by atoms with Crippen LogP contribution in [-0.2, 0) is 6.42 Å². The van der Waals surface area contributed by atoms with Crippen molar-refractivity contribution in [2.24, 2.45) is 5.73 Å². The van der Waals surface area contributed by atoms with Crippen LogP contribution < -0.4 is 10.5 Å². The number of benzene rings is 2. The third-order valence-electron chi connectivity index (χ3n) is 3.16. The van der Waals surface area contributed by atoms with Gasteiger partial charge in [0.2, 0.25) is 0 Å². The largest absolute Gasteiger partial charge is 0.494 e. The molecule has 2 N–H and O–H groups in total. The van der Waals surface area contributed by atoms with Gasteiger partial charge in [0.25, 0.3) is 0 Å². The highest BCUT2D eigenvalue weighted by molar-refractivity contribution is 5.37. The van der Waals surface area contributed by atoms with Crippen molar-refractivity contribution < 1.29 is 4.74 Å². The minimum absolute atomic E-state index is 0.0375. The minimum Gasteiger partial charge on any atom is -0.494 e. The van der Waals surface area contributed by atoms with E-state index in [1.54, 1.807) is 0 Å². The molecule has 19 heavy (non-hydrogen) atoms. The monoisotopic (exact) mass is 255 g/mol. The first-order chi connectivity index (χ1) is 9.20. The second-order valence-corrected chi connectivity index (χ2v) is 4.77. The van der Waals surface area contributed by atoms with Gasteiger partial charge in [-0.15, -0.1) is 0 Å². The average Bonchev–Trinajstić information content (AvgIpc) is 2.39. The average molecular weight is 255 g/mol. The second-order valence-electron chi connectivity index (χ2n) is 4.77. The fourth-order valence-corrected chi connectivity index (χ4v) is 2.28. The summed E-state index contributed by atoms with van der Waals surface area (Å²) in [5.74, 6) is 0.894. The van der Waals surface area contributed by atoms with Gasteiger partial charge in [-0.05, 0) is 31.9 Å². The molecular formula is C17H21NO. The maximum atomic E-state index is 6.33. The molecule has 0 saturated carbocycles. The van der Waals surface area contributed by atoms with Crippen molar-refractivity contribution in [2.45, 2.75) is 26.3 Å². The van der Waals surface area contributed by atoms with Gasteiger partial charge in [0.05, 0.1) is 6.61 Å². The van der Waals surface area contributed by atoms with Crippen molar-refractivity contribution in [3.8, 4) is 5.75 Å². The van der Waals surface area contributed by atoms with Crippen molar-refractivity contribution in [3.63, 3.8) is 0 Å². The molecule has 0 fully saturated rings. The number of aryl methyl sites for hydroxylation is 1. The lowest BCUT2D eigenvalue weighted by atomic mass is 9.98. The van der Waals surface area contributed by atoms with Crippen molar-refractivity contribution in [3.05, 3.63) is 65.2 Å². The smallest absolute Gasteiger partial charge is 0.124 e. The molecule has 0 radical (unpaired) electrons. The molecule has 1 atom stereocenters. The Labute approximate surface area is 115 Å². The van der Waals surface area contributed by atoms with Gasteiger partial charge >= 0.3 is 0 Å². The zero-order chi connectivity index (χ0) is 13.7. The molecule has 0 bridgehead atoms. The Hall–Kier alpha value is -1.80. The molecule has 0 heterocycles. The molecule has 0 aliphatic carbocycles. The summed E-state index contributed by atoms with van der Waals surface area (Å²) < 4.78 is 5.64. The summed E-state index contributed by atoms with van der Waals surface area (Å²) in [5, 5.41) is 0. The maximum absolute atomic E-state index is 6.33. The molecule has 0 aromatic heterocycles. The number of para-hydroxylation sites is 1. The highest BCUT2D eigenvalue weighted by Gasteiger charge is 2.12. The van der Waals surface area contributed by atoms with E-state index >= 15 is 0 Å². The van der Waals surface area contributed by atoms with Crippen molar-refractivity contribution >= 4 is 0 Å². The summed E-state index contributed by atoms with van der Waals surface area (Å²) in [7, 11) is 0. The predicted molar refractivity (Wildman–Crippen MR) is 79.4 cm³/mol. The van der Waals surface area contributed by atoms with E-state index in [2.05, 4.69) is 31.2 Å². The topological polar surface area (TPSA) is 35.2 Å². The van der Waals surface area contributed by atoms with Crippen LogP contribution in [0.25, 0.3) is 0 Å². The number of ether oxygens (including phenoxy) is 1. The first-order valence-corrected chi connectivity index (χ1v) is 6.73. The molecule has 2 rings (SSSR count). The predicted octanol–water partition coefficient (Wildman–Crippen LogP) is 3.64. The number of hydrogen-bond acceptors (Lipinski definition) is 2. The first kappa shape index (κ1) is 13.6. The van der Waals surface area contributed by atoms with Crippen LogP contribution in [0.2, 0.25) is 0 Å². The highest BCUT2D eigenvalue weighted by atomic mass is 16.5. The van der Waals surface area contributed by atoms with Gasteiger partial charge in [-0.1, -0.05) is 48.0 Å². The third-order valence-corrected chi connectivity index (χ3v) is 3.16. The van der Waals surface area contributed by atoms with E-state index in [0.717, 1.165) is 17.7 Å². The molecule has 0 saturated heterocycles. The van der Waals surface area contributed by atoms with E-state index in [4.69, 9.17) is 10.5 Å². The van der Waals surface area contributed by atoms with E-state index in [-0.39, 0.29) is 6.04 Å². The van der Waals surface area contributed by atoms with Crippen LogP contribution in [0.1, 0.15) is 29.7 Å². The molecule has 0 amide bonds. The standard InChI is InChI=1S/C17H21NO/c1-3-19-17-10-5-4-9-15(17)16(18)12-14-8-6-7-13(2)11-14/h4-11,16H,3,12,18H2,1-2H3. The van der Waals surface area contributed by atoms with Crippen LogP contribution in [0.5, 0.6) is 5.75 Å². The number of rotatable bonds is 5. The lowest BCUT2D eigenvalue weighted by molar-refractivity contribution is 0.334. The lowest BCUT2D eigenvalue weighted by Gasteiger charge is -2.16. The molecule has 0 spiro atoms. The third kappa shape index (κ3) is 3.58. The molecule has 2 nitrogen and oxygen atoms in total. The van der Waals surface area contributed by atoms with Crippen molar-refractivity contribution in [2.75, 3.05) is 6.61 Å². The van der Waals surface area contributed by atoms with Gasteiger partial charge in [-0.3, -0.25) is 0 Å². The summed E-state index contributed by atoms with van der Waals surface area (Å²) in [6, 6.07) is 16.5. The molecule has 0 aliphatic heterocycles. The maximum Gasteiger partial charge on any atom is 0.124 e. The zero-order valence-electron chi connectivity index (χ0n) is 11.6. The molecule has 1 unspecified atom stereocenters. The minimum atomic E-state index is -0.0375. The first-order valence-electron chi connectivity index (χ1n) is 6.73. The molecule has 2 heteroatoms. The molecular weight excluding hydrogens is 234 g/mol. The van der Waals surface area contributed by atoms with E-state index < -0.39 is 0 Å². The van der Waals surface area contributed by atoms with E-state index in [0.29, 0.717) is 6.61 Å². The molecule has 2 aromatic rings. The Morgan fingerprint density at radius 2 is 1.89 bits per heavy atom. The van der Waals surface area contributed by atoms with Crippen LogP contribution >= 0.6 is 0 Å². The molecule has 100 valence electrons. The zero-order valence-corrected chi connectivity index (χ0v) is 11.6. The van der Waals surface area contributed by atoms with Gasteiger partial charge in [0, 0.05) is 11.6 Å². The Bertz CT molecular complexity index is 536. The van der Waals surface area contributed by atoms with Crippen LogP contribution in [0.15, 0.2) is 48.5 Å². The summed E-state index contributed by atoms with van der Waals surface area (Å²) in [4.78, 5) is 0. The summed E-state index contributed by atoms with van der Waals surface area (Å²) >= 11 is 0. The molecule has 2 aromatic carbocycles. The second kappa shape index (κ2) is 6.39. The Morgan fingerprint density at radius 1 is 1.11 bits per heavy atom. The summed E-state index contributed by atoms with van der Waals surface area (Å²) in [6.07, 6.45) is 0.825. The van der Waals surface area contributed by atoms with Crippen LogP contribution in [-0.4, -0.2) is 6.61 Å². The fourth-order valence-electron chi connectivity index (χ4n) is 2.28. The van der Waals surface area contributed by atoms with E-state index in [1.165, 1.54) is 11.1 Å². The Kier molecular flexibility index (Phi) is 4.58. The van der Waals surface area contributed by atoms with Gasteiger partial charge in [-0.2, -0.15) is 0 Å². The van der Waals surface area contributed by atoms with E-state index in [1.807, 2.05) is 31.2 Å². The summed E-state index contributed by atoms with van der Waals surface area (Å²) in [6.45, 7) is 4.75. The normalized spacial score (nSPS) is 12.2. The summed E-state index contributed by atoms with van der Waals surface area (Å²) in [5.41, 5.74) is 9.93. The quantitative estimate of drug-likeness (QED) is 0.885. The van der Waals surface area contributed by atoms with Crippen LogP contribution in [0.4, 0.5) is 0 Å². The van der Waals surface area contributed by atoms with Crippen LogP contribution in [0, 0.1) is 6.92 Å². The van der Waals surface area contributed by atoms with Crippen LogP contribution in [0.3, 0.4) is 0 Å². The van der Waals surface area contributed by atoms with Crippen molar-refractivity contribution in [1.29, 1.82) is 0 Å². The van der Waals surface area contributed by atoms with Gasteiger partial charge in [0.15, 0.2) is 0 Å². The number of hydrogen-bond donors (Lipinski definition) is 1. The SMILES string of the molecule is CCOc1ccccc1C(N)Cc1cccc(C)c1. The molecule has 0 aliphatic rings. The van der Waals surface area contributed by atoms with Gasteiger partial charge < -0.3 is 10.5 Å². The van der Waals surface area contributed by atoms with Gasteiger partial charge in [-0.25, -0.2) is 0 Å². The van der Waals surface area contributed by atoms with E-state index in [9.17, 15) is 0 Å². The lowest BCUT2D eigenvalue weighted by Crippen LogP contribution is -2.15.